The third-order valence-corrected chi connectivity index (χ3v) is 10.9. The number of nitrogens with zero attached hydrogens (tertiary/aromatic N) is 1. The Morgan fingerprint density at radius 1 is 0.898 bits per heavy atom. The van der Waals surface area contributed by atoms with Crippen molar-refractivity contribution in [3.63, 3.8) is 0 Å². The van der Waals surface area contributed by atoms with E-state index < -0.39 is 82.5 Å². The van der Waals surface area contributed by atoms with Crippen LogP contribution < -0.4 is 11.1 Å². The van der Waals surface area contributed by atoms with Gasteiger partial charge in [0.1, 0.15) is 6.61 Å². The number of carbonyl (C=O) groups excluding carboxylic acids is 6. The standard InChI is InChI=1S/C37H35N3O9/c1-16-18-13-12-17(39-36(47)49-15-24-21-10-6-4-8-19(21)20-9-5-7-11-22(20)24)14-23(18)30(41)26-25(16)31(42)28-29(40(2)3)32(43)27(35(38)46)34(45)37(28,48)33(26)44/h4-14,16,24-29,31,42,48H,15H2,1-3H3,(H2,38,46)(H,39,47)/t16-,25+,26?,27?,28+,29-,31-,37-/m0/s1. The number of fused-ring (bicyclic) bond motifs is 6. The molecule has 0 bridgehead atoms. The number of nitrogens with one attached hydrogen (secondary N) is 1. The molecule has 8 atom stereocenters. The van der Waals surface area contributed by atoms with Crippen molar-refractivity contribution in [2.24, 2.45) is 29.4 Å². The summed E-state index contributed by atoms with van der Waals surface area (Å²) in [6.07, 6.45) is -2.42. The van der Waals surface area contributed by atoms with E-state index in [9.17, 15) is 39.0 Å². The Labute approximate surface area is 281 Å². The van der Waals surface area contributed by atoms with Crippen LogP contribution in [-0.4, -0.2) is 88.7 Å². The molecule has 0 aromatic heterocycles. The maximum absolute atomic E-state index is 14.2. The minimum absolute atomic E-state index is 0.0581. The zero-order valence-corrected chi connectivity index (χ0v) is 27.0. The summed E-state index contributed by atoms with van der Waals surface area (Å²) in [4.78, 5) is 81.7. The zero-order chi connectivity index (χ0) is 35.1. The average molecular weight is 666 g/mol. The molecule has 12 nitrogen and oxygen atoms in total. The number of primary amides is 1. The van der Waals surface area contributed by atoms with Gasteiger partial charge in [-0.05, 0) is 60.0 Å². The third kappa shape index (κ3) is 4.62. The lowest BCUT2D eigenvalue weighted by molar-refractivity contribution is -0.196. The summed E-state index contributed by atoms with van der Waals surface area (Å²) in [7, 11) is 2.91. The second kappa shape index (κ2) is 11.5. The van der Waals surface area contributed by atoms with E-state index >= 15 is 0 Å². The highest BCUT2D eigenvalue weighted by Crippen LogP contribution is 2.53. The number of nitrogens with two attached hydrogens (primary N) is 1. The molecular weight excluding hydrogens is 630 g/mol. The highest BCUT2D eigenvalue weighted by Gasteiger charge is 2.72. The number of rotatable bonds is 5. The van der Waals surface area contributed by atoms with Crippen molar-refractivity contribution in [1.82, 2.24) is 4.90 Å². The van der Waals surface area contributed by atoms with Gasteiger partial charge in [-0.2, -0.15) is 0 Å². The number of hydrogen-bond acceptors (Lipinski definition) is 10. The molecule has 252 valence electrons. The Kier molecular flexibility index (Phi) is 7.65. The predicted molar refractivity (Wildman–Crippen MR) is 174 cm³/mol. The molecule has 2 unspecified atom stereocenters. The molecule has 5 N–H and O–H groups in total. The molecule has 4 aliphatic carbocycles. The SMILES string of the molecule is C[C@H]1c2ccc(NC(=O)OCC3c4ccccc4-c4ccccc43)cc2C(=O)C2C(=O)[C@]3(O)C(=O)C(C(N)=O)C(=O)[C@@H](N(C)C)[C@@H]3[C@@H](O)[C@@H]21. The van der Waals surface area contributed by atoms with E-state index in [-0.39, 0.29) is 23.8 Å². The quantitative estimate of drug-likeness (QED) is 0.293. The van der Waals surface area contributed by atoms with Crippen molar-refractivity contribution < 1.29 is 43.7 Å². The number of aliphatic hydroxyl groups excluding tert-OH is 1. The van der Waals surface area contributed by atoms with E-state index in [0.29, 0.717) is 5.56 Å². The Morgan fingerprint density at radius 3 is 2.10 bits per heavy atom. The van der Waals surface area contributed by atoms with Crippen LogP contribution in [0.25, 0.3) is 11.1 Å². The van der Waals surface area contributed by atoms with Crippen LogP contribution in [0.5, 0.6) is 0 Å². The molecule has 7 rings (SSSR count). The van der Waals surface area contributed by atoms with Gasteiger partial charge in [0.2, 0.25) is 5.91 Å². The molecule has 0 spiro atoms. The van der Waals surface area contributed by atoms with Crippen LogP contribution in [0.3, 0.4) is 0 Å². The van der Waals surface area contributed by atoms with Gasteiger partial charge in [-0.25, -0.2) is 4.79 Å². The first-order valence-corrected chi connectivity index (χ1v) is 16.1. The topological polar surface area (TPSA) is 193 Å². The maximum atomic E-state index is 14.2. The monoisotopic (exact) mass is 665 g/mol. The summed E-state index contributed by atoms with van der Waals surface area (Å²) in [5.74, 6) is -13.0. The van der Waals surface area contributed by atoms with Crippen molar-refractivity contribution in [3.05, 3.63) is 89.0 Å². The van der Waals surface area contributed by atoms with Crippen molar-refractivity contribution in [3.8, 4) is 11.1 Å². The van der Waals surface area contributed by atoms with E-state index in [0.717, 1.165) is 22.3 Å². The third-order valence-electron chi connectivity index (χ3n) is 10.9. The molecule has 12 heteroatoms. The lowest BCUT2D eigenvalue weighted by atomic mass is 9.49. The van der Waals surface area contributed by atoms with Crippen LogP contribution in [0.2, 0.25) is 0 Å². The Hall–Kier alpha value is -5.04. The molecule has 2 saturated carbocycles. The number of ether oxygens (including phenoxy) is 1. The first-order valence-electron chi connectivity index (χ1n) is 16.1. The molecule has 0 aliphatic heterocycles. The summed E-state index contributed by atoms with van der Waals surface area (Å²) in [5, 5.41) is 26.2. The van der Waals surface area contributed by atoms with Gasteiger partial charge in [-0.3, -0.25) is 34.2 Å². The van der Waals surface area contributed by atoms with Crippen molar-refractivity contribution in [1.29, 1.82) is 0 Å². The van der Waals surface area contributed by atoms with Gasteiger partial charge < -0.3 is 20.7 Å². The maximum Gasteiger partial charge on any atom is 0.411 e. The average Bonchev–Trinajstić information content (AvgIpc) is 3.38. The van der Waals surface area contributed by atoms with Crippen LogP contribution in [0, 0.1) is 23.7 Å². The number of ketones is 4. The number of aliphatic hydroxyl groups is 2. The van der Waals surface area contributed by atoms with Gasteiger partial charge in [-0.1, -0.05) is 61.5 Å². The molecule has 3 aromatic rings. The van der Waals surface area contributed by atoms with Gasteiger partial charge in [0, 0.05) is 23.1 Å². The van der Waals surface area contributed by atoms with E-state index in [1.807, 2.05) is 48.5 Å². The van der Waals surface area contributed by atoms with E-state index in [1.54, 1.807) is 19.1 Å². The minimum atomic E-state index is -3.02. The molecule has 4 aliphatic rings. The first-order chi connectivity index (χ1) is 23.3. The largest absolute Gasteiger partial charge is 0.448 e. The summed E-state index contributed by atoms with van der Waals surface area (Å²) >= 11 is 0. The highest BCUT2D eigenvalue weighted by atomic mass is 16.5. The number of hydrogen-bond donors (Lipinski definition) is 4. The van der Waals surface area contributed by atoms with Crippen LogP contribution in [0.4, 0.5) is 10.5 Å². The second-order valence-corrected chi connectivity index (χ2v) is 13.6. The fourth-order valence-electron chi connectivity index (χ4n) is 8.75. The lowest BCUT2D eigenvalue weighted by Crippen LogP contribution is -2.77. The minimum Gasteiger partial charge on any atom is -0.448 e. The fraction of sp³-hybridized carbons (Fsp3) is 0.351. The highest BCUT2D eigenvalue weighted by molar-refractivity contribution is 6.32. The Morgan fingerprint density at radius 2 is 1.51 bits per heavy atom. The summed E-state index contributed by atoms with van der Waals surface area (Å²) in [6, 6.07) is 19.0. The molecule has 49 heavy (non-hydrogen) atoms. The summed E-state index contributed by atoms with van der Waals surface area (Å²) in [6.45, 7) is 1.76. The number of amides is 2. The fourth-order valence-corrected chi connectivity index (χ4v) is 8.75. The number of benzene rings is 3. The molecular formula is C37H35N3O9. The van der Waals surface area contributed by atoms with Gasteiger partial charge in [0.05, 0.1) is 24.0 Å². The number of carbonyl (C=O) groups is 6. The van der Waals surface area contributed by atoms with Gasteiger partial charge in [0.25, 0.3) is 0 Å². The normalized spacial score (nSPS) is 30.2. The number of likely N-dealkylation sites (N-methyl/N-ethyl adjacent to an activating group) is 1. The van der Waals surface area contributed by atoms with E-state index in [2.05, 4.69) is 5.32 Å². The van der Waals surface area contributed by atoms with E-state index in [4.69, 9.17) is 10.5 Å². The summed E-state index contributed by atoms with van der Waals surface area (Å²) in [5.41, 5.74) is 7.34. The second-order valence-electron chi connectivity index (χ2n) is 13.6. The van der Waals surface area contributed by atoms with E-state index in [1.165, 1.54) is 25.1 Å². The molecule has 3 aromatic carbocycles. The van der Waals surface area contributed by atoms with Gasteiger partial charge in [-0.15, -0.1) is 0 Å². The van der Waals surface area contributed by atoms with Crippen molar-refractivity contribution in [2.45, 2.75) is 36.5 Å². The molecule has 0 heterocycles. The molecule has 2 amide bonds. The Balaban J connectivity index is 1.16. The lowest BCUT2D eigenvalue weighted by Gasteiger charge is -2.56. The van der Waals surface area contributed by atoms with Crippen LogP contribution in [-0.2, 0) is 23.9 Å². The predicted octanol–water partition coefficient (Wildman–Crippen LogP) is 2.05. The smallest absolute Gasteiger partial charge is 0.411 e. The number of anilines is 1. The molecule has 0 saturated heterocycles. The van der Waals surface area contributed by atoms with Gasteiger partial charge >= 0.3 is 6.09 Å². The summed E-state index contributed by atoms with van der Waals surface area (Å²) < 4.78 is 5.64. The van der Waals surface area contributed by atoms with Crippen LogP contribution in [0.15, 0.2) is 66.7 Å². The van der Waals surface area contributed by atoms with Crippen molar-refractivity contribution in [2.75, 3.05) is 26.0 Å². The van der Waals surface area contributed by atoms with Crippen LogP contribution >= 0.6 is 0 Å². The van der Waals surface area contributed by atoms with Gasteiger partial charge in [0.15, 0.2) is 34.7 Å². The first kappa shape index (κ1) is 32.5. The molecule has 0 radical (unpaired) electrons. The molecule has 2 fully saturated rings. The van der Waals surface area contributed by atoms with Crippen LogP contribution in [0.1, 0.15) is 45.8 Å². The zero-order valence-electron chi connectivity index (χ0n) is 27.0. The Bertz CT molecular complexity index is 1930. The van der Waals surface area contributed by atoms with Crippen molar-refractivity contribution >= 4 is 40.8 Å². The number of Topliss-reactive ketones (excluding diaryl/α,β-unsaturated/α-hetero) is 4.